The molecule has 0 atom stereocenters. The van der Waals surface area contributed by atoms with E-state index >= 15 is 0 Å². The van der Waals surface area contributed by atoms with Gasteiger partial charge in [-0.3, -0.25) is 24.9 Å². The molecule has 0 fully saturated rings. The lowest BCUT2D eigenvalue weighted by Crippen LogP contribution is -2.25. The predicted octanol–water partition coefficient (Wildman–Crippen LogP) is 0.883. The number of Topliss-reactive ketones (excluding diaryl/α,β-unsaturated/α-hetero) is 1. The van der Waals surface area contributed by atoms with Gasteiger partial charge in [-0.25, -0.2) is 10.5 Å². The number of carbonyl (C=O) groups is 2. The summed E-state index contributed by atoms with van der Waals surface area (Å²) in [5.41, 5.74) is 3.44. The van der Waals surface area contributed by atoms with Crippen molar-refractivity contribution in [1.82, 2.24) is 10.5 Å². The number of allylic oxidation sites excluding steroid dienone is 7. The van der Waals surface area contributed by atoms with Gasteiger partial charge in [0.15, 0.2) is 5.82 Å². The Morgan fingerprint density at radius 2 is 1.84 bits per heavy atom. The predicted molar refractivity (Wildman–Crippen MR) is 83.0 cm³/mol. The molecule has 128 valence electrons. The smallest absolute Gasteiger partial charge is 0.321 e. The van der Waals surface area contributed by atoms with Gasteiger partial charge in [-0.1, -0.05) is 0 Å². The highest BCUT2D eigenvalue weighted by molar-refractivity contribution is 6.48. The Morgan fingerprint density at radius 1 is 1.20 bits per heavy atom. The summed E-state index contributed by atoms with van der Waals surface area (Å²) in [5, 5.41) is 21.6. The second-order valence-electron chi connectivity index (χ2n) is 5.39. The standard InChI is InChI=1S/C15H12N4O6/c1-7-3-9(4-8(2)18(7)22)14-16-15(25-17-14)10-5-11(19(23)24)13(21)12(20)6-10/h3-6,17,22H,1-2H3. The molecule has 2 heterocycles. The number of rotatable bonds is 2. The third-order valence-corrected chi connectivity index (χ3v) is 3.61. The Balaban J connectivity index is 1.99. The second kappa shape index (κ2) is 5.83. The average Bonchev–Trinajstić information content (AvgIpc) is 3.04. The molecule has 0 saturated heterocycles. The topological polar surface area (TPSA) is 134 Å². The van der Waals surface area contributed by atoms with Crippen LogP contribution in [0.1, 0.15) is 13.8 Å². The molecule has 2 aliphatic heterocycles. The fraction of sp³-hybridized carbons (Fsp3) is 0.133. The minimum atomic E-state index is -1.19. The average molecular weight is 344 g/mol. The number of nitrogens with one attached hydrogen (secondary N) is 1. The van der Waals surface area contributed by atoms with E-state index in [1.165, 1.54) is 0 Å². The van der Waals surface area contributed by atoms with Crippen molar-refractivity contribution in [3.05, 3.63) is 68.5 Å². The summed E-state index contributed by atoms with van der Waals surface area (Å²) in [6, 6.07) is 0. The van der Waals surface area contributed by atoms with Crippen LogP contribution >= 0.6 is 0 Å². The molecule has 0 aromatic rings. The van der Waals surface area contributed by atoms with E-state index in [1.807, 2.05) is 0 Å². The minimum absolute atomic E-state index is 0.0143. The molecule has 0 aromatic heterocycles. The molecule has 1 aliphatic carbocycles. The number of ketones is 2. The van der Waals surface area contributed by atoms with Crippen LogP contribution in [0, 0.1) is 10.1 Å². The van der Waals surface area contributed by atoms with E-state index in [-0.39, 0.29) is 11.5 Å². The first kappa shape index (κ1) is 16.3. The highest BCUT2D eigenvalue weighted by Gasteiger charge is 2.34. The van der Waals surface area contributed by atoms with Gasteiger partial charge in [-0.2, -0.15) is 4.99 Å². The normalized spacial score (nSPS) is 20.3. The van der Waals surface area contributed by atoms with E-state index < -0.39 is 22.2 Å². The molecule has 0 amide bonds. The number of nitrogens with zero attached hydrogens (tertiary/aromatic N) is 3. The Hall–Kier alpha value is -3.53. The van der Waals surface area contributed by atoms with Crippen molar-refractivity contribution >= 4 is 17.5 Å². The van der Waals surface area contributed by atoms with Gasteiger partial charge in [-0.05, 0) is 26.0 Å². The van der Waals surface area contributed by atoms with E-state index in [1.54, 1.807) is 26.0 Å². The second-order valence-corrected chi connectivity index (χ2v) is 5.39. The van der Waals surface area contributed by atoms with Crippen molar-refractivity contribution in [2.24, 2.45) is 4.99 Å². The molecule has 25 heavy (non-hydrogen) atoms. The first-order chi connectivity index (χ1) is 11.8. The van der Waals surface area contributed by atoms with Crippen LogP contribution in [0.25, 0.3) is 0 Å². The monoisotopic (exact) mass is 344 g/mol. The van der Waals surface area contributed by atoms with Crippen LogP contribution in [-0.2, 0) is 14.4 Å². The third kappa shape index (κ3) is 2.85. The number of hydrogen-bond donors (Lipinski definition) is 2. The van der Waals surface area contributed by atoms with E-state index in [2.05, 4.69) is 10.5 Å². The molecule has 0 aromatic carbocycles. The van der Waals surface area contributed by atoms with Crippen molar-refractivity contribution in [2.75, 3.05) is 0 Å². The summed E-state index contributed by atoms with van der Waals surface area (Å²) < 4.78 is 0. The summed E-state index contributed by atoms with van der Waals surface area (Å²) in [4.78, 5) is 42.4. The largest absolute Gasteiger partial charge is 0.359 e. The van der Waals surface area contributed by atoms with Gasteiger partial charge in [0.05, 0.1) is 10.5 Å². The zero-order valence-corrected chi connectivity index (χ0v) is 13.1. The zero-order chi connectivity index (χ0) is 18.3. The van der Waals surface area contributed by atoms with Gasteiger partial charge >= 0.3 is 11.5 Å². The van der Waals surface area contributed by atoms with Crippen molar-refractivity contribution in [3.8, 4) is 0 Å². The lowest BCUT2D eigenvalue weighted by Gasteiger charge is -2.22. The molecular weight excluding hydrogens is 332 g/mol. The van der Waals surface area contributed by atoms with Gasteiger partial charge in [-0.15, -0.1) is 0 Å². The summed E-state index contributed by atoms with van der Waals surface area (Å²) >= 11 is 0. The SMILES string of the molecule is CC1=CC(=C2N=C(C3=CC(=O)C(=O)C([N+](=O)[O-])=C3)ON2)C=C(C)N1O. The summed E-state index contributed by atoms with van der Waals surface area (Å²) in [7, 11) is 0. The van der Waals surface area contributed by atoms with Gasteiger partial charge in [0, 0.05) is 29.1 Å². The number of aliphatic imine (C=N–C) groups is 1. The number of hydroxylamine groups is 3. The first-order valence-electron chi connectivity index (χ1n) is 7.06. The molecule has 2 N–H and O–H groups in total. The van der Waals surface area contributed by atoms with Crippen LogP contribution in [-0.4, -0.2) is 32.7 Å². The molecule has 0 bridgehead atoms. The number of hydrogen-bond acceptors (Lipinski definition) is 9. The highest BCUT2D eigenvalue weighted by atomic mass is 16.7. The fourth-order valence-corrected chi connectivity index (χ4v) is 2.37. The van der Waals surface area contributed by atoms with Crippen molar-refractivity contribution in [1.29, 1.82) is 0 Å². The lowest BCUT2D eigenvalue weighted by molar-refractivity contribution is -0.418. The van der Waals surface area contributed by atoms with Gasteiger partial charge < -0.3 is 4.84 Å². The molecule has 0 unspecified atom stereocenters. The van der Waals surface area contributed by atoms with E-state index in [9.17, 15) is 24.9 Å². The highest BCUT2D eigenvalue weighted by Crippen LogP contribution is 2.25. The number of nitro groups is 1. The van der Waals surface area contributed by atoms with E-state index in [4.69, 9.17) is 4.84 Å². The van der Waals surface area contributed by atoms with Gasteiger partial charge in [0.2, 0.25) is 5.78 Å². The van der Waals surface area contributed by atoms with Crippen LogP contribution in [0.2, 0.25) is 0 Å². The maximum absolute atomic E-state index is 11.6. The molecule has 10 heteroatoms. The van der Waals surface area contributed by atoms with Crippen molar-refractivity contribution in [2.45, 2.75) is 13.8 Å². The Morgan fingerprint density at radius 3 is 2.44 bits per heavy atom. The first-order valence-corrected chi connectivity index (χ1v) is 7.06. The van der Waals surface area contributed by atoms with Crippen LogP contribution < -0.4 is 5.48 Å². The summed E-state index contributed by atoms with van der Waals surface area (Å²) in [6.07, 6.45) is 5.17. The minimum Gasteiger partial charge on any atom is -0.359 e. The molecule has 3 aliphatic rings. The van der Waals surface area contributed by atoms with E-state index in [0.29, 0.717) is 22.8 Å². The molecular formula is C15H12N4O6. The lowest BCUT2D eigenvalue weighted by atomic mass is 10.0. The number of carbonyl (C=O) groups excluding carboxylic acids is 2. The van der Waals surface area contributed by atoms with Crippen molar-refractivity contribution in [3.63, 3.8) is 0 Å². The molecule has 0 saturated carbocycles. The fourth-order valence-electron chi connectivity index (χ4n) is 2.37. The third-order valence-electron chi connectivity index (χ3n) is 3.61. The zero-order valence-electron chi connectivity index (χ0n) is 13.1. The molecule has 0 spiro atoms. The van der Waals surface area contributed by atoms with Crippen LogP contribution in [0.3, 0.4) is 0 Å². The van der Waals surface area contributed by atoms with E-state index in [0.717, 1.165) is 17.2 Å². The Bertz CT molecular complexity index is 881. The molecule has 0 radical (unpaired) electrons. The molecule has 3 rings (SSSR count). The van der Waals surface area contributed by atoms with Crippen molar-refractivity contribution < 1.29 is 24.6 Å². The van der Waals surface area contributed by atoms with Crippen LogP contribution in [0.5, 0.6) is 0 Å². The maximum atomic E-state index is 11.6. The quantitative estimate of drug-likeness (QED) is 0.326. The summed E-state index contributed by atoms with van der Waals surface area (Å²) in [6.45, 7) is 3.38. The van der Waals surface area contributed by atoms with Gasteiger partial charge in [0.25, 0.3) is 5.90 Å². The van der Waals surface area contributed by atoms with Crippen LogP contribution in [0.15, 0.2) is 63.4 Å². The maximum Gasteiger partial charge on any atom is 0.321 e. The Kier molecular flexibility index (Phi) is 3.81. The van der Waals surface area contributed by atoms with Gasteiger partial charge in [0.1, 0.15) is 0 Å². The Labute approximate surface area is 140 Å². The molecule has 10 nitrogen and oxygen atoms in total. The summed E-state index contributed by atoms with van der Waals surface area (Å²) in [5.74, 6) is -1.99. The van der Waals surface area contributed by atoms with Crippen LogP contribution in [0.4, 0.5) is 0 Å².